The van der Waals surface area contributed by atoms with Crippen LogP contribution in [0.25, 0.3) is 0 Å². The molecular formula is C16H33NO5SSi. The summed E-state index contributed by atoms with van der Waals surface area (Å²) in [6.07, 6.45) is 0.622. The molecular weight excluding hydrogens is 346 g/mol. The molecule has 0 aliphatic carbocycles. The van der Waals surface area contributed by atoms with Crippen LogP contribution in [-0.2, 0) is 22.9 Å². The molecule has 8 heteroatoms. The van der Waals surface area contributed by atoms with Crippen LogP contribution in [0.4, 0.5) is 0 Å². The first-order chi connectivity index (χ1) is 11.4. The van der Waals surface area contributed by atoms with Crippen molar-refractivity contribution in [1.82, 2.24) is 4.90 Å². The van der Waals surface area contributed by atoms with E-state index in [1.807, 2.05) is 20.8 Å². The standard InChI is InChI=1S/C16H33NO5SSi/c1-7-17(8-2)15(6)22-24(20-9-3,21-10-4)13-11-12-23-16(19)14(5)18/h15H,7-13H2,1-6H3. The predicted molar refractivity (Wildman–Crippen MR) is 100 cm³/mol. The number of hydrogen-bond donors (Lipinski definition) is 0. The van der Waals surface area contributed by atoms with Gasteiger partial charge in [-0.3, -0.25) is 14.5 Å². The number of rotatable bonds is 14. The number of carbonyl (C=O) groups excluding carboxylic acids is 2. The summed E-state index contributed by atoms with van der Waals surface area (Å²) in [5.41, 5.74) is 0. The van der Waals surface area contributed by atoms with Crippen molar-refractivity contribution in [2.75, 3.05) is 32.1 Å². The first kappa shape index (κ1) is 23.7. The second-order valence-corrected chi connectivity index (χ2v) is 9.03. The van der Waals surface area contributed by atoms with Crippen molar-refractivity contribution in [2.45, 2.75) is 60.2 Å². The van der Waals surface area contributed by atoms with E-state index in [4.69, 9.17) is 13.3 Å². The summed E-state index contributed by atoms with van der Waals surface area (Å²) in [4.78, 5) is 24.6. The molecule has 0 aliphatic heterocycles. The number of Topliss-reactive ketones (excluding diaryl/α,β-unsaturated/α-hetero) is 1. The third-order valence-corrected chi connectivity index (χ3v) is 7.72. The monoisotopic (exact) mass is 379 g/mol. The molecule has 1 unspecified atom stereocenters. The van der Waals surface area contributed by atoms with Gasteiger partial charge in [0.2, 0.25) is 5.78 Å². The Hall–Kier alpha value is -0.253. The van der Waals surface area contributed by atoms with Crippen molar-refractivity contribution >= 4 is 31.5 Å². The molecule has 0 fully saturated rings. The molecule has 0 aromatic carbocycles. The van der Waals surface area contributed by atoms with E-state index in [1.54, 1.807) is 0 Å². The highest BCUT2D eigenvalue weighted by Crippen LogP contribution is 2.23. The fraction of sp³-hybridized carbons (Fsp3) is 0.875. The van der Waals surface area contributed by atoms with Crippen LogP contribution in [0.5, 0.6) is 0 Å². The van der Waals surface area contributed by atoms with Gasteiger partial charge in [-0.05, 0) is 40.3 Å². The summed E-state index contributed by atoms with van der Waals surface area (Å²) in [6, 6.07) is 0.637. The Balaban J connectivity index is 4.80. The Morgan fingerprint density at radius 3 is 2.04 bits per heavy atom. The lowest BCUT2D eigenvalue weighted by Gasteiger charge is -2.35. The minimum atomic E-state index is -2.80. The van der Waals surface area contributed by atoms with E-state index in [2.05, 4.69) is 18.7 Å². The van der Waals surface area contributed by atoms with E-state index in [9.17, 15) is 9.59 Å². The summed E-state index contributed by atoms with van der Waals surface area (Å²) >= 11 is 1.05. The maximum atomic E-state index is 11.4. The molecule has 142 valence electrons. The molecule has 24 heavy (non-hydrogen) atoms. The molecule has 0 spiro atoms. The maximum absolute atomic E-state index is 11.4. The molecule has 0 saturated heterocycles. The van der Waals surface area contributed by atoms with Gasteiger partial charge >= 0.3 is 8.80 Å². The Labute approximate surface area is 152 Å². The molecule has 0 saturated carbocycles. The first-order valence-corrected chi connectivity index (χ1v) is 11.6. The Bertz CT molecular complexity index is 373. The molecule has 0 bridgehead atoms. The summed E-state index contributed by atoms with van der Waals surface area (Å²) in [5.74, 6) is 0.153. The second kappa shape index (κ2) is 13.0. The highest BCUT2D eigenvalue weighted by molar-refractivity contribution is 8.15. The van der Waals surface area contributed by atoms with E-state index >= 15 is 0 Å². The number of nitrogens with zero attached hydrogens (tertiary/aromatic N) is 1. The van der Waals surface area contributed by atoms with Crippen LogP contribution < -0.4 is 0 Å². The van der Waals surface area contributed by atoms with Crippen LogP contribution in [0, 0.1) is 0 Å². The quantitative estimate of drug-likeness (QED) is 0.199. The highest BCUT2D eigenvalue weighted by atomic mass is 32.2. The van der Waals surface area contributed by atoms with Gasteiger partial charge in [0.25, 0.3) is 5.12 Å². The van der Waals surface area contributed by atoms with Gasteiger partial charge in [0, 0.05) is 31.9 Å². The number of carbonyl (C=O) groups is 2. The number of ketones is 1. The SMILES string of the molecule is CCO[Si](CCCSC(=O)C(C)=O)(OCC)OC(C)N(CC)CC. The first-order valence-electron chi connectivity index (χ1n) is 8.73. The molecule has 0 aromatic rings. The number of thioether (sulfide) groups is 1. The zero-order valence-electron chi connectivity index (χ0n) is 15.9. The lowest BCUT2D eigenvalue weighted by Crippen LogP contribution is -2.51. The molecule has 0 amide bonds. The predicted octanol–water partition coefficient (Wildman–Crippen LogP) is 2.94. The smallest absolute Gasteiger partial charge is 0.374 e. The van der Waals surface area contributed by atoms with Crippen LogP contribution in [0.3, 0.4) is 0 Å². The molecule has 0 heterocycles. The highest BCUT2D eigenvalue weighted by Gasteiger charge is 2.42. The van der Waals surface area contributed by atoms with Crippen LogP contribution >= 0.6 is 11.8 Å². The van der Waals surface area contributed by atoms with Crippen molar-refractivity contribution in [2.24, 2.45) is 0 Å². The van der Waals surface area contributed by atoms with Crippen molar-refractivity contribution in [1.29, 1.82) is 0 Å². The number of hydrogen-bond acceptors (Lipinski definition) is 7. The Morgan fingerprint density at radius 2 is 1.62 bits per heavy atom. The maximum Gasteiger partial charge on any atom is 0.502 e. The van der Waals surface area contributed by atoms with E-state index in [1.165, 1.54) is 6.92 Å². The molecule has 0 N–H and O–H groups in total. The summed E-state index contributed by atoms with van der Waals surface area (Å²) in [5, 5.41) is -0.396. The van der Waals surface area contributed by atoms with Crippen molar-refractivity contribution in [3.8, 4) is 0 Å². The summed E-state index contributed by atoms with van der Waals surface area (Å²) in [7, 11) is -2.80. The van der Waals surface area contributed by atoms with Crippen LogP contribution in [-0.4, -0.2) is 62.9 Å². The van der Waals surface area contributed by atoms with Crippen molar-refractivity contribution < 1.29 is 22.9 Å². The topological polar surface area (TPSA) is 65.1 Å². The normalized spacial score (nSPS) is 13.3. The Kier molecular flexibility index (Phi) is 12.9. The van der Waals surface area contributed by atoms with E-state index < -0.39 is 19.7 Å². The fourth-order valence-corrected chi connectivity index (χ4v) is 6.10. The van der Waals surface area contributed by atoms with Gasteiger partial charge in [0.05, 0.1) is 0 Å². The van der Waals surface area contributed by atoms with Gasteiger partial charge in [0.1, 0.15) is 6.23 Å². The van der Waals surface area contributed by atoms with Gasteiger partial charge < -0.3 is 13.3 Å². The molecule has 0 aliphatic rings. The third-order valence-electron chi connectivity index (χ3n) is 3.55. The van der Waals surface area contributed by atoms with Crippen LogP contribution in [0.2, 0.25) is 6.04 Å². The minimum absolute atomic E-state index is 0.0868. The zero-order chi connectivity index (χ0) is 18.6. The van der Waals surface area contributed by atoms with Crippen LogP contribution in [0.1, 0.15) is 48.0 Å². The van der Waals surface area contributed by atoms with Gasteiger partial charge in [-0.1, -0.05) is 25.6 Å². The lowest BCUT2D eigenvalue weighted by molar-refractivity contribution is -0.130. The molecule has 1 atom stereocenters. The summed E-state index contributed by atoms with van der Waals surface area (Å²) < 4.78 is 18.2. The average molecular weight is 380 g/mol. The lowest BCUT2D eigenvalue weighted by atomic mass is 10.5. The van der Waals surface area contributed by atoms with Crippen molar-refractivity contribution in [3.05, 3.63) is 0 Å². The molecule has 0 rings (SSSR count). The Morgan fingerprint density at radius 1 is 1.08 bits per heavy atom. The largest absolute Gasteiger partial charge is 0.502 e. The van der Waals surface area contributed by atoms with Gasteiger partial charge in [-0.25, -0.2) is 0 Å². The third kappa shape index (κ3) is 8.73. The molecule has 0 radical (unpaired) electrons. The van der Waals surface area contributed by atoms with E-state index in [0.29, 0.717) is 31.4 Å². The van der Waals surface area contributed by atoms with E-state index in [0.717, 1.165) is 24.9 Å². The molecule has 0 aromatic heterocycles. The van der Waals surface area contributed by atoms with Gasteiger partial charge in [0.15, 0.2) is 0 Å². The van der Waals surface area contributed by atoms with Gasteiger partial charge in [-0.2, -0.15) is 0 Å². The van der Waals surface area contributed by atoms with Gasteiger partial charge in [-0.15, -0.1) is 0 Å². The van der Waals surface area contributed by atoms with E-state index in [-0.39, 0.29) is 6.23 Å². The van der Waals surface area contributed by atoms with Crippen LogP contribution in [0.15, 0.2) is 0 Å². The average Bonchev–Trinajstić information content (AvgIpc) is 2.52. The molecule has 6 nitrogen and oxygen atoms in total. The minimum Gasteiger partial charge on any atom is -0.374 e. The fourth-order valence-electron chi connectivity index (χ4n) is 2.38. The summed E-state index contributed by atoms with van der Waals surface area (Å²) in [6.45, 7) is 14.2. The second-order valence-electron chi connectivity index (χ2n) is 5.28. The van der Waals surface area contributed by atoms with Crippen molar-refractivity contribution in [3.63, 3.8) is 0 Å². The zero-order valence-corrected chi connectivity index (χ0v) is 17.7.